The number of anilines is 2. The van der Waals surface area contributed by atoms with Crippen LogP contribution in [-0.4, -0.2) is 40.5 Å². The Morgan fingerprint density at radius 1 is 1.11 bits per heavy atom. The highest BCUT2D eigenvalue weighted by molar-refractivity contribution is 6.32. The number of hydrogen-bond acceptors (Lipinski definition) is 6. The molecule has 1 N–H and O–H groups in total. The molecule has 36 heavy (non-hydrogen) atoms. The highest BCUT2D eigenvalue weighted by Gasteiger charge is 2.16. The number of ether oxygens (including phenoxy) is 2. The summed E-state index contributed by atoms with van der Waals surface area (Å²) in [4.78, 5) is 22.0. The molecule has 4 rings (SSSR count). The van der Waals surface area contributed by atoms with E-state index >= 15 is 0 Å². The maximum atomic E-state index is 13.9. The summed E-state index contributed by atoms with van der Waals surface area (Å²) in [5, 5.41) is 4.34. The summed E-state index contributed by atoms with van der Waals surface area (Å²) in [5.41, 5.74) is 1.82. The van der Waals surface area contributed by atoms with E-state index in [1.165, 1.54) is 19.3 Å². The molecule has 186 valence electrons. The zero-order chi connectivity index (χ0) is 25.7. The molecule has 0 bridgehead atoms. The summed E-state index contributed by atoms with van der Waals surface area (Å²) in [6.45, 7) is 3.91. The molecule has 0 spiro atoms. The van der Waals surface area contributed by atoms with Gasteiger partial charge in [0, 0.05) is 25.2 Å². The molecule has 0 radical (unpaired) electrons. The van der Waals surface area contributed by atoms with Gasteiger partial charge in [0.15, 0.2) is 0 Å². The van der Waals surface area contributed by atoms with Crippen LogP contribution in [0.2, 0.25) is 5.02 Å². The SMILES string of the molecule is CC(=O)N(C)C[C@@H](C)Oc1cccc2ncnc(Nc3ccc(OCc4ccccc4F)c(Cl)c3)c12. The lowest BCUT2D eigenvalue weighted by Crippen LogP contribution is -2.34. The second-order valence-electron chi connectivity index (χ2n) is 8.35. The van der Waals surface area contributed by atoms with Crippen molar-refractivity contribution in [1.82, 2.24) is 14.9 Å². The Morgan fingerprint density at radius 2 is 1.92 bits per heavy atom. The minimum atomic E-state index is -0.331. The van der Waals surface area contributed by atoms with Gasteiger partial charge in [0.2, 0.25) is 5.91 Å². The Hall–Kier alpha value is -3.91. The number of likely N-dealkylation sites (N-methyl/N-ethyl adjacent to an activating group) is 1. The van der Waals surface area contributed by atoms with Crippen LogP contribution in [0.1, 0.15) is 19.4 Å². The number of nitrogens with zero attached hydrogens (tertiary/aromatic N) is 3. The van der Waals surface area contributed by atoms with Gasteiger partial charge in [0.1, 0.15) is 42.2 Å². The molecule has 1 aromatic heterocycles. The van der Waals surface area contributed by atoms with E-state index in [1.807, 2.05) is 25.1 Å². The third-order valence-corrected chi connectivity index (χ3v) is 5.85. The van der Waals surface area contributed by atoms with Crippen molar-refractivity contribution in [2.45, 2.75) is 26.6 Å². The van der Waals surface area contributed by atoms with Crippen molar-refractivity contribution in [3.8, 4) is 11.5 Å². The molecule has 1 amide bonds. The number of rotatable bonds is 9. The normalized spacial score (nSPS) is 11.7. The molecule has 0 aliphatic heterocycles. The van der Waals surface area contributed by atoms with Crippen LogP contribution in [0.5, 0.6) is 11.5 Å². The van der Waals surface area contributed by atoms with E-state index in [4.69, 9.17) is 21.1 Å². The minimum absolute atomic E-state index is 0.0349. The van der Waals surface area contributed by atoms with Crippen LogP contribution in [0.4, 0.5) is 15.9 Å². The standard InChI is InChI=1S/C27H26ClFN4O3/c1-17(14-33(3)18(2)34)36-25-10-6-9-23-26(25)27(31-16-30-23)32-20-11-12-24(21(28)13-20)35-15-19-7-4-5-8-22(19)29/h4-13,16-17H,14-15H2,1-3H3,(H,30,31,32)/t17-/m1/s1. The highest BCUT2D eigenvalue weighted by atomic mass is 35.5. The van der Waals surface area contributed by atoms with E-state index in [9.17, 15) is 9.18 Å². The number of benzene rings is 3. The van der Waals surface area contributed by atoms with Gasteiger partial charge >= 0.3 is 0 Å². The average molecular weight is 509 g/mol. The second-order valence-corrected chi connectivity index (χ2v) is 8.76. The first-order chi connectivity index (χ1) is 17.3. The smallest absolute Gasteiger partial charge is 0.219 e. The molecule has 0 unspecified atom stereocenters. The first-order valence-electron chi connectivity index (χ1n) is 11.4. The predicted molar refractivity (Wildman–Crippen MR) is 138 cm³/mol. The average Bonchev–Trinajstić information content (AvgIpc) is 2.84. The summed E-state index contributed by atoms with van der Waals surface area (Å²) in [5.74, 6) is 1.20. The fraction of sp³-hybridized carbons (Fsp3) is 0.222. The molecule has 1 atom stereocenters. The summed E-state index contributed by atoms with van der Waals surface area (Å²) in [6, 6.07) is 17.2. The van der Waals surface area contributed by atoms with Gasteiger partial charge in [-0.05, 0) is 43.3 Å². The van der Waals surface area contributed by atoms with Crippen molar-refractivity contribution in [2.24, 2.45) is 0 Å². The molecular formula is C27H26ClFN4O3. The van der Waals surface area contributed by atoms with Crippen molar-refractivity contribution >= 4 is 39.9 Å². The van der Waals surface area contributed by atoms with Crippen LogP contribution in [0.3, 0.4) is 0 Å². The first kappa shape index (κ1) is 25.2. The Balaban J connectivity index is 1.54. The summed E-state index contributed by atoms with van der Waals surface area (Å²) < 4.78 is 25.8. The van der Waals surface area contributed by atoms with Crippen LogP contribution in [0.15, 0.2) is 67.0 Å². The molecule has 9 heteroatoms. The van der Waals surface area contributed by atoms with Crippen LogP contribution in [0.25, 0.3) is 10.9 Å². The zero-order valence-electron chi connectivity index (χ0n) is 20.2. The van der Waals surface area contributed by atoms with E-state index in [0.717, 1.165) is 0 Å². The Bertz CT molecular complexity index is 1380. The largest absolute Gasteiger partial charge is 0.488 e. The van der Waals surface area contributed by atoms with Crippen molar-refractivity contribution in [1.29, 1.82) is 0 Å². The zero-order valence-corrected chi connectivity index (χ0v) is 20.9. The van der Waals surface area contributed by atoms with Crippen molar-refractivity contribution < 1.29 is 18.7 Å². The summed E-state index contributed by atoms with van der Waals surface area (Å²) in [7, 11) is 1.73. The first-order valence-corrected chi connectivity index (χ1v) is 11.7. The van der Waals surface area contributed by atoms with E-state index in [-0.39, 0.29) is 24.4 Å². The molecule has 3 aromatic carbocycles. The van der Waals surface area contributed by atoms with E-state index in [2.05, 4.69) is 15.3 Å². The molecule has 0 saturated carbocycles. The molecular weight excluding hydrogens is 483 g/mol. The van der Waals surface area contributed by atoms with Crippen LogP contribution >= 0.6 is 11.6 Å². The number of aromatic nitrogens is 2. The topological polar surface area (TPSA) is 76.6 Å². The molecule has 0 aliphatic rings. The Labute approximate surface area is 213 Å². The minimum Gasteiger partial charge on any atom is -0.488 e. The number of nitrogens with one attached hydrogen (secondary N) is 1. The number of fused-ring (bicyclic) bond motifs is 1. The number of halogens is 2. The van der Waals surface area contributed by atoms with Gasteiger partial charge in [-0.2, -0.15) is 0 Å². The molecule has 0 fully saturated rings. The van der Waals surface area contributed by atoms with Gasteiger partial charge in [-0.3, -0.25) is 4.79 Å². The highest BCUT2D eigenvalue weighted by Crippen LogP contribution is 2.34. The quantitative estimate of drug-likeness (QED) is 0.299. The summed E-state index contributed by atoms with van der Waals surface area (Å²) >= 11 is 6.45. The van der Waals surface area contributed by atoms with Gasteiger partial charge in [0.05, 0.1) is 22.5 Å². The second kappa shape index (κ2) is 11.2. The predicted octanol–water partition coefficient (Wildman–Crippen LogP) is 5.99. The fourth-order valence-electron chi connectivity index (χ4n) is 3.64. The molecule has 4 aromatic rings. The number of hydrogen-bond donors (Lipinski definition) is 1. The lowest BCUT2D eigenvalue weighted by Gasteiger charge is -2.22. The van der Waals surface area contributed by atoms with E-state index < -0.39 is 0 Å². The Morgan fingerprint density at radius 3 is 2.67 bits per heavy atom. The number of carbonyl (C=O) groups excluding carboxylic acids is 1. The third kappa shape index (κ3) is 6.01. The lowest BCUT2D eigenvalue weighted by molar-refractivity contribution is -0.128. The van der Waals surface area contributed by atoms with Crippen LogP contribution in [0, 0.1) is 5.82 Å². The van der Waals surface area contributed by atoms with Crippen molar-refractivity contribution in [2.75, 3.05) is 18.9 Å². The Kier molecular flexibility index (Phi) is 7.85. The van der Waals surface area contributed by atoms with E-state index in [1.54, 1.807) is 48.3 Å². The van der Waals surface area contributed by atoms with Crippen LogP contribution in [-0.2, 0) is 11.4 Å². The van der Waals surface area contributed by atoms with Gasteiger partial charge in [-0.25, -0.2) is 14.4 Å². The third-order valence-electron chi connectivity index (χ3n) is 5.56. The van der Waals surface area contributed by atoms with Crippen molar-refractivity contribution in [3.05, 3.63) is 83.4 Å². The molecule has 0 saturated heterocycles. The fourth-order valence-corrected chi connectivity index (χ4v) is 3.88. The van der Waals surface area contributed by atoms with E-state index in [0.29, 0.717) is 51.0 Å². The number of amides is 1. The lowest BCUT2D eigenvalue weighted by atomic mass is 10.2. The van der Waals surface area contributed by atoms with Gasteiger partial charge in [0.25, 0.3) is 0 Å². The maximum absolute atomic E-state index is 13.9. The molecule has 0 aliphatic carbocycles. The maximum Gasteiger partial charge on any atom is 0.219 e. The monoisotopic (exact) mass is 508 g/mol. The summed E-state index contributed by atoms with van der Waals surface area (Å²) in [6.07, 6.45) is 1.22. The van der Waals surface area contributed by atoms with Gasteiger partial charge < -0.3 is 19.7 Å². The molecule has 1 heterocycles. The molecule has 7 nitrogen and oxygen atoms in total. The van der Waals surface area contributed by atoms with Gasteiger partial charge in [-0.1, -0.05) is 35.9 Å². The van der Waals surface area contributed by atoms with Crippen molar-refractivity contribution in [3.63, 3.8) is 0 Å². The van der Waals surface area contributed by atoms with Crippen LogP contribution < -0.4 is 14.8 Å². The van der Waals surface area contributed by atoms with Gasteiger partial charge in [-0.15, -0.1) is 0 Å². The number of carbonyl (C=O) groups is 1.